The first-order valence-corrected chi connectivity index (χ1v) is 8.86. The third-order valence-corrected chi connectivity index (χ3v) is 4.39. The first kappa shape index (κ1) is 19.8. The van der Waals surface area contributed by atoms with Gasteiger partial charge in [0.05, 0.1) is 24.1 Å². The van der Waals surface area contributed by atoms with Crippen molar-refractivity contribution in [3.8, 4) is 0 Å². The van der Waals surface area contributed by atoms with Crippen LogP contribution in [0.25, 0.3) is 0 Å². The Morgan fingerprint density at radius 2 is 1.84 bits per heavy atom. The van der Waals surface area contributed by atoms with Gasteiger partial charge in [0, 0.05) is 46.3 Å². The van der Waals surface area contributed by atoms with Gasteiger partial charge in [-0.1, -0.05) is 0 Å². The van der Waals surface area contributed by atoms with Gasteiger partial charge in [-0.15, -0.1) is 0 Å². The number of hydrogen-bond donors (Lipinski definition) is 0. The van der Waals surface area contributed by atoms with E-state index in [9.17, 15) is 4.79 Å². The Morgan fingerprint density at radius 1 is 1.12 bits per heavy atom. The molecule has 0 radical (unpaired) electrons. The second-order valence-electron chi connectivity index (χ2n) is 7.32. The molecule has 2 rings (SSSR count). The lowest BCUT2D eigenvalue weighted by Crippen LogP contribution is -2.34. The monoisotopic (exact) mass is 349 g/mol. The van der Waals surface area contributed by atoms with E-state index in [1.807, 2.05) is 0 Å². The van der Waals surface area contributed by atoms with Gasteiger partial charge < -0.3 is 19.4 Å². The number of carbonyl (C=O) groups is 1. The van der Waals surface area contributed by atoms with Crippen LogP contribution < -0.4 is 0 Å². The van der Waals surface area contributed by atoms with Crippen molar-refractivity contribution >= 4 is 5.91 Å². The van der Waals surface area contributed by atoms with Gasteiger partial charge in [0.1, 0.15) is 5.69 Å². The van der Waals surface area contributed by atoms with E-state index in [-0.39, 0.29) is 18.1 Å². The average molecular weight is 349 g/mol. The average Bonchev–Trinajstić information content (AvgIpc) is 2.99. The maximum absolute atomic E-state index is 12.0. The van der Waals surface area contributed by atoms with Crippen molar-refractivity contribution in [2.75, 3.05) is 54.9 Å². The molecule has 1 aromatic heterocycles. The Bertz CT molecular complexity index is 564. The number of rotatable bonds is 8. The largest absolute Gasteiger partial charge is 0.373 e. The van der Waals surface area contributed by atoms with Crippen molar-refractivity contribution in [3.05, 3.63) is 23.8 Å². The summed E-state index contributed by atoms with van der Waals surface area (Å²) >= 11 is 0. The van der Waals surface area contributed by atoms with Crippen LogP contribution in [0.5, 0.6) is 0 Å². The molecule has 0 unspecified atom stereocenters. The summed E-state index contributed by atoms with van der Waals surface area (Å²) in [6, 6.07) is 0. The summed E-state index contributed by atoms with van der Waals surface area (Å²) in [5, 5.41) is 0. The van der Waals surface area contributed by atoms with Gasteiger partial charge >= 0.3 is 0 Å². The Hall–Kier alpha value is -1.57. The van der Waals surface area contributed by atoms with E-state index in [0.29, 0.717) is 12.1 Å². The van der Waals surface area contributed by atoms with Crippen LogP contribution in [0.15, 0.2) is 12.4 Å². The van der Waals surface area contributed by atoms with Crippen LogP contribution in [0, 0.1) is 0 Å². The zero-order valence-corrected chi connectivity index (χ0v) is 16.1. The van der Waals surface area contributed by atoms with Gasteiger partial charge in [-0.25, -0.2) is 4.98 Å². The number of aromatic nitrogens is 2. The molecule has 1 aliphatic rings. The molecule has 0 saturated carbocycles. The van der Waals surface area contributed by atoms with E-state index >= 15 is 0 Å². The zero-order valence-electron chi connectivity index (χ0n) is 16.1. The highest BCUT2D eigenvalue weighted by Crippen LogP contribution is 2.23. The lowest BCUT2D eigenvalue weighted by atomic mass is 10.1. The van der Waals surface area contributed by atoms with E-state index < -0.39 is 0 Å². The van der Waals surface area contributed by atoms with E-state index in [2.05, 4.69) is 40.9 Å². The molecule has 140 valence electrons. The molecule has 25 heavy (non-hydrogen) atoms. The van der Waals surface area contributed by atoms with Crippen molar-refractivity contribution in [2.45, 2.75) is 31.5 Å². The van der Waals surface area contributed by atoms with Crippen LogP contribution in [0.3, 0.4) is 0 Å². The minimum absolute atomic E-state index is 0.123. The molecule has 1 amide bonds. The lowest BCUT2D eigenvalue weighted by molar-refractivity contribution is 0.0266. The van der Waals surface area contributed by atoms with Crippen LogP contribution >= 0.6 is 0 Å². The van der Waals surface area contributed by atoms with Crippen LogP contribution in [0.1, 0.15) is 29.0 Å². The van der Waals surface area contributed by atoms with Gasteiger partial charge in [-0.3, -0.25) is 9.78 Å². The number of ether oxygens (including phenoxy) is 1. The summed E-state index contributed by atoms with van der Waals surface area (Å²) in [7, 11) is 9.75. The second kappa shape index (κ2) is 9.22. The molecule has 0 N–H and O–H groups in total. The molecule has 0 aromatic carbocycles. The molecule has 2 atom stereocenters. The highest BCUT2D eigenvalue weighted by atomic mass is 16.5. The van der Waals surface area contributed by atoms with E-state index in [0.717, 1.165) is 38.2 Å². The molecular weight excluding hydrogens is 318 g/mol. The first-order chi connectivity index (χ1) is 11.8. The number of hydrogen-bond acceptors (Lipinski definition) is 6. The summed E-state index contributed by atoms with van der Waals surface area (Å²) < 4.78 is 6.17. The summed E-state index contributed by atoms with van der Waals surface area (Å²) in [6.07, 6.45) is 6.48. The first-order valence-electron chi connectivity index (χ1n) is 8.86. The molecular formula is C18H31N5O2. The molecule has 1 aromatic rings. The van der Waals surface area contributed by atoms with Crippen molar-refractivity contribution in [1.29, 1.82) is 0 Å². The quantitative estimate of drug-likeness (QED) is 0.691. The normalized spacial score (nSPS) is 20.4. The van der Waals surface area contributed by atoms with Gasteiger partial charge in [0.15, 0.2) is 0 Å². The van der Waals surface area contributed by atoms with Gasteiger partial charge in [-0.2, -0.15) is 0 Å². The minimum atomic E-state index is -0.123. The Balaban J connectivity index is 1.83. The molecule has 1 fully saturated rings. The predicted octanol–water partition coefficient (Wildman–Crippen LogP) is 0.762. The maximum Gasteiger partial charge on any atom is 0.273 e. The second-order valence-corrected chi connectivity index (χ2v) is 7.32. The van der Waals surface area contributed by atoms with Crippen LogP contribution in [0.2, 0.25) is 0 Å². The lowest BCUT2D eigenvalue weighted by Gasteiger charge is -2.23. The molecule has 7 heteroatoms. The number of likely N-dealkylation sites (N-methyl/N-ethyl adjacent to an activating group) is 2. The van der Waals surface area contributed by atoms with Crippen molar-refractivity contribution in [3.63, 3.8) is 0 Å². The summed E-state index contributed by atoms with van der Waals surface area (Å²) in [5.74, 6) is -0.123. The summed E-state index contributed by atoms with van der Waals surface area (Å²) in [6.45, 7) is 3.04. The minimum Gasteiger partial charge on any atom is -0.373 e. The Labute approximate surface area is 151 Å². The molecule has 2 heterocycles. The topological polar surface area (TPSA) is 61.8 Å². The van der Waals surface area contributed by atoms with Gasteiger partial charge in [-0.05, 0) is 34.0 Å². The molecule has 1 aliphatic heterocycles. The van der Waals surface area contributed by atoms with Crippen LogP contribution in [0.4, 0.5) is 0 Å². The molecule has 1 saturated heterocycles. The maximum atomic E-state index is 12.0. The van der Waals surface area contributed by atoms with Crippen molar-refractivity contribution in [1.82, 2.24) is 24.7 Å². The predicted molar refractivity (Wildman–Crippen MR) is 97.7 cm³/mol. The number of nitrogens with zero attached hydrogens (tertiary/aromatic N) is 5. The fraction of sp³-hybridized carbons (Fsp3) is 0.722. The fourth-order valence-electron chi connectivity index (χ4n) is 2.94. The number of amides is 1. The van der Waals surface area contributed by atoms with E-state index in [1.165, 1.54) is 11.1 Å². The molecule has 7 nitrogen and oxygen atoms in total. The SMILES string of the molecule is CN(C)CCN(C)C[C@H]1CC[C@@H](Cc2cncc(C(=O)N(C)C)n2)O1. The van der Waals surface area contributed by atoms with Crippen LogP contribution in [-0.2, 0) is 11.2 Å². The third-order valence-electron chi connectivity index (χ3n) is 4.39. The van der Waals surface area contributed by atoms with Gasteiger partial charge in [0.25, 0.3) is 5.91 Å². The Morgan fingerprint density at radius 3 is 2.52 bits per heavy atom. The molecule has 0 bridgehead atoms. The third kappa shape index (κ3) is 6.34. The Kier molecular flexibility index (Phi) is 7.28. The number of carbonyl (C=O) groups excluding carboxylic acids is 1. The standard InChI is InChI=1S/C18H31N5O2/c1-21(2)8-9-23(5)13-16-7-6-15(25-16)10-14-11-19-12-17(20-14)18(24)22(3)4/h11-12,15-16H,6-10,13H2,1-5H3/t15-,16+/m0/s1. The zero-order chi connectivity index (χ0) is 18.4. The summed E-state index contributed by atoms with van der Waals surface area (Å²) in [4.78, 5) is 26.6. The highest BCUT2D eigenvalue weighted by Gasteiger charge is 2.27. The summed E-state index contributed by atoms with van der Waals surface area (Å²) in [5.41, 5.74) is 1.21. The van der Waals surface area contributed by atoms with E-state index in [1.54, 1.807) is 20.3 Å². The van der Waals surface area contributed by atoms with Crippen molar-refractivity contribution < 1.29 is 9.53 Å². The smallest absolute Gasteiger partial charge is 0.273 e. The molecule has 0 aliphatic carbocycles. The molecule has 0 spiro atoms. The van der Waals surface area contributed by atoms with E-state index in [4.69, 9.17) is 4.74 Å². The van der Waals surface area contributed by atoms with Crippen molar-refractivity contribution in [2.24, 2.45) is 0 Å². The highest BCUT2D eigenvalue weighted by molar-refractivity contribution is 5.91. The van der Waals surface area contributed by atoms with Gasteiger partial charge in [0.2, 0.25) is 0 Å². The van der Waals surface area contributed by atoms with Crippen LogP contribution in [-0.4, -0.2) is 97.7 Å². The fourth-order valence-corrected chi connectivity index (χ4v) is 2.94.